The summed E-state index contributed by atoms with van der Waals surface area (Å²) in [6.45, 7) is 2.83. The summed E-state index contributed by atoms with van der Waals surface area (Å²) in [4.78, 5) is 26.8. The van der Waals surface area contributed by atoms with Gasteiger partial charge in [-0.25, -0.2) is 4.79 Å². The van der Waals surface area contributed by atoms with Gasteiger partial charge in [0.1, 0.15) is 10.4 Å². The zero-order chi connectivity index (χ0) is 25.9. The predicted octanol–water partition coefficient (Wildman–Crippen LogP) is 6.33. The van der Waals surface area contributed by atoms with Crippen LogP contribution in [0.2, 0.25) is 0 Å². The number of nitrogens with zero attached hydrogens (tertiary/aromatic N) is 1. The van der Waals surface area contributed by atoms with Crippen LogP contribution in [0.4, 0.5) is 0 Å². The highest BCUT2D eigenvalue weighted by Crippen LogP contribution is 2.36. The number of hydrogen-bond acceptors (Lipinski definition) is 6. The number of amides is 1. The molecule has 1 atom stereocenters. The van der Waals surface area contributed by atoms with Gasteiger partial charge in [-0.2, -0.15) is 0 Å². The van der Waals surface area contributed by atoms with E-state index in [1.807, 2.05) is 48.5 Å². The number of benzene rings is 2. The Balaban J connectivity index is 1.68. The minimum absolute atomic E-state index is 0.175. The van der Waals surface area contributed by atoms with Crippen molar-refractivity contribution < 1.29 is 24.2 Å². The fourth-order valence-electron chi connectivity index (χ4n) is 3.98. The Bertz CT molecular complexity index is 1090. The molecule has 0 spiro atoms. The van der Waals surface area contributed by atoms with Crippen LogP contribution in [-0.4, -0.2) is 46.0 Å². The van der Waals surface area contributed by atoms with Crippen molar-refractivity contribution in [2.75, 3.05) is 13.7 Å². The summed E-state index contributed by atoms with van der Waals surface area (Å²) in [6.07, 6.45) is 9.01. The fourth-order valence-corrected chi connectivity index (χ4v) is 5.34. The topological polar surface area (TPSA) is 76.1 Å². The largest absolute Gasteiger partial charge is 0.493 e. The van der Waals surface area contributed by atoms with Crippen LogP contribution in [0.15, 0.2) is 53.4 Å². The van der Waals surface area contributed by atoms with Gasteiger partial charge in [0.05, 0.1) is 18.6 Å². The van der Waals surface area contributed by atoms with Gasteiger partial charge in [0, 0.05) is 6.42 Å². The van der Waals surface area contributed by atoms with E-state index in [0.29, 0.717) is 23.0 Å². The van der Waals surface area contributed by atoms with Gasteiger partial charge in [0.25, 0.3) is 5.91 Å². The summed E-state index contributed by atoms with van der Waals surface area (Å²) in [5, 5.41) is 9.84. The number of carboxylic acids is 1. The average Bonchev–Trinajstić information content (AvgIpc) is 3.15. The molecule has 0 aliphatic carbocycles. The molecule has 8 heteroatoms. The summed E-state index contributed by atoms with van der Waals surface area (Å²) in [5.74, 6) is -0.261. The molecule has 192 valence electrons. The van der Waals surface area contributed by atoms with E-state index in [2.05, 4.69) is 6.92 Å². The van der Waals surface area contributed by atoms with E-state index >= 15 is 0 Å². The molecular weight excluding hydrogens is 494 g/mol. The van der Waals surface area contributed by atoms with Gasteiger partial charge in [-0.1, -0.05) is 99.4 Å². The number of thiocarbonyl (C=S) groups is 1. The lowest BCUT2D eigenvalue weighted by Crippen LogP contribution is -2.45. The molecule has 3 rings (SSSR count). The minimum atomic E-state index is -1.09. The third kappa shape index (κ3) is 7.58. The maximum absolute atomic E-state index is 13.2. The molecule has 36 heavy (non-hydrogen) atoms. The molecule has 1 aliphatic rings. The van der Waals surface area contributed by atoms with Crippen LogP contribution in [0.1, 0.15) is 56.6 Å². The van der Waals surface area contributed by atoms with Crippen LogP contribution in [-0.2, 0) is 16.0 Å². The van der Waals surface area contributed by atoms with Crippen LogP contribution >= 0.6 is 24.0 Å². The van der Waals surface area contributed by atoms with E-state index in [1.54, 1.807) is 13.2 Å². The van der Waals surface area contributed by atoms with E-state index in [9.17, 15) is 14.7 Å². The Morgan fingerprint density at radius 2 is 1.81 bits per heavy atom. The molecule has 0 radical (unpaired) electrons. The summed E-state index contributed by atoms with van der Waals surface area (Å²) < 4.78 is 11.7. The van der Waals surface area contributed by atoms with Gasteiger partial charge in [-0.05, 0) is 35.8 Å². The molecule has 2 aromatic carbocycles. The van der Waals surface area contributed by atoms with E-state index in [4.69, 9.17) is 21.7 Å². The minimum Gasteiger partial charge on any atom is -0.493 e. The van der Waals surface area contributed by atoms with Gasteiger partial charge in [-0.3, -0.25) is 9.69 Å². The number of unbranched alkanes of at least 4 members (excludes halogenated alkanes) is 5. The molecule has 1 N–H and O–H groups in total. The number of carbonyl (C=O) groups is 2. The molecule has 1 fully saturated rings. The molecule has 0 bridgehead atoms. The van der Waals surface area contributed by atoms with Crippen LogP contribution in [0, 0.1) is 0 Å². The molecule has 1 saturated heterocycles. The number of carbonyl (C=O) groups excluding carboxylic acids is 1. The number of thioether (sulfide) groups is 1. The molecule has 0 aromatic heterocycles. The van der Waals surface area contributed by atoms with Crippen molar-refractivity contribution in [1.82, 2.24) is 4.90 Å². The smallest absolute Gasteiger partial charge is 0.327 e. The van der Waals surface area contributed by atoms with Gasteiger partial charge in [0.2, 0.25) is 0 Å². The molecule has 1 amide bonds. The summed E-state index contributed by atoms with van der Waals surface area (Å²) in [5.41, 5.74) is 1.57. The number of methoxy groups -OCH3 is 1. The zero-order valence-corrected chi connectivity index (χ0v) is 22.4. The first-order valence-corrected chi connectivity index (χ1v) is 13.5. The monoisotopic (exact) mass is 527 g/mol. The second-order valence-corrected chi connectivity index (χ2v) is 10.3. The summed E-state index contributed by atoms with van der Waals surface area (Å²) in [7, 11) is 1.58. The highest BCUT2D eigenvalue weighted by Gasteiger charge is 2.40. The Morgan fingerprint density at radius 3 is 2.50 bits per heavy atom. The van der Waals surface area contributed by atoms with Crippen LogP contribution in [0.5, 0.6) is 11.5 Å². The molecule has 1 heterocycles. The molecule has 1 aliphatic heterocycles. The highest BCUT2D eigenvalue weighted by molar-refractivity contribution is 8.26. The van der Waals surface area contributed by atoms with Crippen molar-refractivity contribution in [3.63, 3.8) is 0 Å². The lowest BCUT2D eigenvalue weighted by molar-refractivity contribution is -0.145. The van der Waals surface area contributed by atoms with Crippen molar-refractivity contribution in [2.24, 2.45) is 0 Å². The van der Waals surface area contributed by atoms with E-state index in [1.165, 1.54) is 30.6 Å². The number of carboxylic acid groups (broad SMARTS) is 1. The molecule has 2 aromatic rings. The second kappa shape index (κ2) is 14.0. The maximum atomic E-state index is 13.2. The van der Waals surface area contributed by atoms with Gasteiger partial charge in [0.15, 0.2) is 11.5 Å². The van der Waals surface area contributed by atoms with Gasteiger partial charge < -0.3 is 14.6 Å². The Morgan fingerprint density at radius 1 is 1.08 bits per heavy atom. The third-order valence-electron chi connectivity index (χ3n) is 5.93. The number of hydrogen-bond donors (Lipinski definition) is 1. The summed E-state index contributed by atoms with van der Waals surface area (Å²) in [6, 6.07) is 13.6. The van der Waals surface area contributed by atoms with Crippen molar-refractivity contribution in [3.8, 4) is 11.5 Å². The molecular formula is C28H33NO5S2. The molecule has 0 unspecified atom stereocenters. The van der Waals surface area contributed by atoms with E-state index in [-0.39, 0.29) is 10.7 Å². The maximum Gasteiger partial charge on any atom is 0.327 e. The lowest BCUT2D eigenvalue weighted by Gasteiger charge is -2.23. The van der Waals surface area contributed by atoms with Gasteiger partial charge >= 0.3 is 5.97 Å². The first kappa shape index (κ1) is 27.7. The predicted molar refractivity (Wildman–Crippen MR) is 148 cm³/mol. The fraction of sp³-hybridized carbons (Fsp3) is 0.393. The van der Waals surface area contributed by atoms with E-state index in [0.717, 1.165) is 35.7 Å². The zero-order valence-electron chi connectivity index (χ0n) is 20.8. The van der Waals surface area contributed by atoms with Crippen LogP contribution in [0.25, 0.3) is 6.08 Å². The lowest BCUT2D eigenvalue weighted by atomic mass is 10.0. The summed E-state index contributed by atoms with van der Waals surface area (Å²) >= 11 is 6.51. The number of aliphatic carboxylic acids is 1. The molecule has 0 saturated carbocycles. The average molecular weight is 528 g/mol. The number of rotatable bonds is 14. The Kier molecular flexibility index (Phi) is 10.8. The standard InChI is InChI=1S/C28H33NO5S2/c1-3-4-5-6-7-11-16-34-23-15-14-21(18-24(23)33-2)19-25-26(30)29(28(35)36-25)22(27(31)32)17-20-12-9-8-10-13-20/h8-10,12-15,18-19,22H,3-7,11,16-17H2,1-2H3,(H,31,32)/b25-19-/t22-/m0/s1. The van der Waals surface area contributed by atoms with Crippen molar-refractivity contribution in [2.45, 2.75) is 57.9 Å². The molecule has 6 nitrogen and oxygen atoms in total. The quantitative estimate of drug-likeness (QED) is 0.175. The van der Waals surface area contributed by atoms with Crippen molar-refractivity contribution >= 4 is 46.3 Å². The number of ether oxygens (including phenoxy) is 2. The Hall–Kier alpha value is -2.84. The highest BCUT2D eigenvalue weighted by atomic mass is 32.2. The van der Waals surface area contributed by atoms with Crippen LogP contribution in [0.3, 0.4) is 0 Å². The normalized spacial score (nSPS) is 15.4. The van der Waals surface area contributed by atoms with E-state index < -0.39 is 17.9 Å². The van der Waals surface area contributed by atoms with Crippen molar-refractivity contribution in [1.29, 1.82) is 0 Å². The van der Waals surface area contributed by atoms with Gasteiger partial charge in [-0.15, -0.1) is 0 Å². The SMILES string of the molecule is CCCCCCCCOc1ccc(/C=C2\SC(=S)N([C@@H](Cc3ccccc3)C(=O)O)C2=O)cc1OC. The van der Waals surface area contributed by atoms with Crippen molar-refractivity contribution in [3.05, 3.63) is 64.6 Å². The third-order valence-corrected chi connectivity index (χ3v) is 7.26. The Labute approximate surface area is 222 Å². The second-order valence-electron chi connectivity index (χ2n) is 8.62. The first-order valence-electron chi connectivity index (χ1n) is 12.3. The van der Waals surface area contributed by atoms with Crippen LogP contribution < -0.4 is 9.47 Å². The first-order chi connectivity index (χ1) is 17.4.